The summed E-state index contributed by atoms with van der Waals surface area (Å²) in [6.45, 7) is 0.579. The molecule has 140 valence electrons. The zero-order valence-corrected chi connectivity index (χ0v) is 18.0. The zero-order valence-electron chi connectivity index (χ0n) is 14.0. The van der Waals surface area contributed by atoms with Gasteiger partial charge in [-0.15, -0.1) is 5.10 Å². The summed E-state index contributed by atoms with van der Waals surface area (Å²) in [7, 11) is 0. The van der Waals surface area contributed by atoms with Crippen LogP contribution in [0.25, 0.3) is 5.69 Å². The van der Waals surface area contributed by atoms with Crippen molar-refractivity contribution >= 4 is 64.4 Å². The smallest absolute Gasteiger partial charge is 0.230 e. The van der Waals surface area contributed by atoms with Crippen molar-refractivity contribution in [2.24, 2.45) is 0 Å². The summed E-state index contributed by atoms with van der Waals surface area (Å²) in [5.41, 5.74) is 1.98. The van der Waals surface area contributed by atoms with Crippen molar-refractivity contribution in [2.45, 2.75) is 10.8 Å². The number of aromatic nitrogens is 2. The fourth-order valence-electron chi connectivity index (χ4n) is 2.24. The predicted molar refractivity (Wildman–Crippen MR) is 116 cm³/mol. The highest BCUT2D eigenvalue weighted by Crippen LogP contribution is 2.24. The van der Waals surface area contributed by atoms with Gasteiger partial charge in [-0.1, -0.05) is 58.4 Å². The number of halogens is 2. The molecule has 0 fully saturated rings. The Balaban J connectivity index is 1.49. The van der Waals surface area contributed by atoms with Crippen LogP contribution in [0.4, 0.5) is 0 Å². The van der Waals surface area contributed by atoms with Crippen LogP contribution < -0.4 is 5.32 Å². The number of nitrogens with zero attached hydrogens (tertiary/aromatic N) is 2. The maximum atomic E-state index is 12.0. The second kappa shape index (κ2) is 9.71. The van der Waals surface area contributed by atoms with Gasteiger partial charge in [-0.2, -0.15) is 0 Å². The average Bonchev–Trinajstić information content (AvgIpc) is 3.03. The Labute approximate surface area is 180 Å². The summed E-state index contributed by atoms with van der Waals surface area (Å²) in [5, 5.41) is 8.75. The van der Waals surface area contributed by atoms with E-state index in [2.05, 4.69) is 10.4 Å². The Morgan fingerprint density at radius 1 is 1.11 bits per heavy atom. The fourth-order valence-corrected chi connectivity index (χ4v) is 4.68. The number of carbonyl (C=O) groups is 1. The highest BCUT2D eigenvalue weighted by molar-refractivity contribution is 8.01. The molecule has 0 aliphatic carbocycles. The minimum atomic E-state index is -0.0341. The molecule has 0 saturated heterocycles. The highest BCUT2D eigenvalue weighted by Gasteiger charge is 2.09. The van der Waals surface area contributed by atoms with Crippen LogP contribution in [0, 0.1) is 3.95 Å². The van der Waals surface area contributed by atoms with Crippen LogP contribution in [0.5, 0.6) is 0 Å². The Bertz CT molecular complexity index is 969. The second-order valence-corrected chi connectivity index (χ2v) is 9.26. The fraction of sp³-hybridized carbons (Fsp3) is 0.167. The van der Waals surface area contributed by atoms with E-state index in [9.17, 15) is 4.79 Å². The van der Waals surface area contributed by atoms with Gasteiger partial charge >= 0.3 is 0 Å². The molecule has 1 amide bonds. The number of nitrogens with one attached hydrogen (secondary N) is 1. The third kappa shape index (κ3) is 6.05. The van der Waals surface area contributed by atoms with Gasteiger partial charge in [-0.25, -0.2) is 4.68 Å². The number of rotatable bonds is 7. The third-order valence-electron chi connectivity index (χ3n) is 3.58. The second-order valence-electron chi connectivity index (χ2n) is 5.54. The molecule has 0 bridgehead atoms. The molecular weight excluding hydrogens is 441 g/mol. The molecule has 1 aromatic heterocycles. The van der Waals surface area contributed by atoms with Crippen LogP contribution in [0.15, 0.2) is 52.9 Å². The molecule has 0 aliphatic rings. The maximum absolute atomic E-state index is 12.0. The molecule has 2 aromatic carbocycles. The van der Waals surface area contributed by atoms with Gasteiger partial charge in [0.15, 0.2) is 8.29 Å². The van der Waals surface area contributed by atoms with Crippen molar-refractivity contribution in [3.05, 3.63) is 68.1 Å². The van der Waals surface area contributed by atoms with Gasteiger partial charge in [0.05, 0.1) is 11.4 Å². The number of thioether (sulfide) groups is 1. The molecule has 3 rings (SSSR count). The molecule has 3 aromatic rings. The predicted octanol–water partition coefficient (Wildman–Crippen LogP) is 5.42. The molecular formula is C18H15Cl2N3OS3. The summed E-state index contributed by atoms with van der Waals surface area (Å²) in [6, 6.07) is 14.9. The number of carbonyl (C=O) groups excluding carboxylic acids is 1. The van der Waals surface area contributed by atoms with Crippen LogP contribution in [-0.2, 0) is 11.2 Å². The molecule has 0 unspecified atom stereocenters. The molecule has 1 heterocycles. The van der Waals surface area contributed by atoms with Gasteiger partial charge in [0.1, 0.15) is 0 Å². The number of benzene rings is 2. The molecule has 0 saturated carbocycles. The van der Waals surface area contributed by atoms with Crippen molar-refractivity contribution in [3.8, 4) is 5.69 Å². The third-order valence-corrected chi connectivity index (χ3v) is 6.45. The molecule has 9 heteroatoms. The topological polar surface area (TPSA) is 46.9 Å². The van der Waals surface area contributed by atoms with Crippen molar-refractivity contribution in [2.75, 3.05) is 12.3 Å². The first kappa shape index (κ1) is 20.4. The Hall–Kier alpha value is -1.38. The summed E-state index contributed by atoms with van der Waals surface area (Å²) < 4.78 is 3.06. The van der Waals surface area contributed by atoms with Crippen LogP contribution in [0.1, 0.15) is 5.56 Å². The van der Waals surface area contributed by atoms with Crippen molar-refractivity contribution in [3.63, 3.8) is 0 Å². The van der Waals surface area contributed by atoms with Gasteiger partial charge in [0.25, 0.3) is 0 Å². The van der Waals surface area contributed by atoms with Crippen molar-refractivity contribution in [1.29, 1.82) is 0 Å². The molecule has 1 N–H and O–H groups in total. The van der Waals surface area contributed by atoms with E-state index in [1.807, 2.05) is 36.4 Å². The SMILES string of the molecule is O=C(CSc1nn(-c2ccc(Cl)cc2)c(=S)s1)NCCc1ccc(Cl)cc1. The lowest BCUT2D eigenvalue weighted by Gasteiger charge is -2.04. The van der Waals surface area contributed by atoms with Gasteiger partial charge in [0, 0.05) is 16.6 Å². The quantitative estimate of drug-likeness (QED) is 0.381. The van der Waals surface area contributed by atoms with Crippen molar-refractivity contribution < 1.29 is 4.79 Å². The van der Waals surface area contributed by atoms with Crippen molar-refractivity contribution in [1.82, 2.24) is 15.1 Å². The Morgan fingerprint density at radius 3 is 2.41 bits per heavy atom. The van der Waals surface area contributed by atoms with E-state index in [1.165, 1.54) is 23.1 Å². The number of hydrogen-bond acceptors (Lipinski definition) is 5. The normalized spacial score (nSPS) is 10.7. The first-order chi connectivity index (χ1) is 13.0. The van der Waals surface area contributed by atoms with Crippen LogP contribution in [0.3, 0.4) is 0 Å². The van der Waals surface area contributed by atoms with Gasteiger partial charge in [-0.05, 0) is 60.6 Å². The van der Waals surface area contributed by atoms with Crippen LogP contribution in [-0.4, -0.2) is 28.0 Å². The molecule has 0 aliphatic heterocycles. The van der Waals surface area contributed by atoms with E-state index in [-0.39, 0.29) is 5.91 Å². The van der Waals surface area contributed by atoms with Gasteiger partial charge in [-0.3, -0.25) is 4.79 Å². The van der Waals surface area contributed by atoms with E-state index < -0.39 is 0 Å². The summed E-state index contributed by atoms with van der Waals surface area (Å²) in [6.07, 6.45) is 0.762. The molecule has 27 heavy (non-hydrogen) atoms. The molecule has 4 nitrogen and oxygen atoms in total. The minimum absolute atomic E-state index is 0.0341. The summed E-state index contributed by atoms with van der Waals surface area (Å²) in [4.78, 5) is 12.0. The van der Waals surface area contributed by atoms with E-state index in [0.29, 0.717) is 26.3 Å². The average molecular weight is 456 g/mol. The largest absolute Gasteiger partial charge is 0.355 e. The maximum Gasteiger partial charge on any atom is 0.230 e. The Kier molecular flexibility index (Phi) is 7.32. The van der Waals surface area contributed by atoms with E-state index in [4.69, 9.17) is 35.4 Å². The molecule has 0 radical (unpaired) electrons. The first-order valence-corrected chi connectivity index (χ1v) is 11.0. The monoisotopic (exact) mass is 455 g/mol. The van der Waals surface area contributed by atoms with E-state index in [0.717, 1.165) is 22.0 Å². The molecule has 0 atom stereocenters. The lowest BCUT2D eigenvalue weighted by molar-refractivity contribution is -0.118. The minimum Gasteiger partial charge on any atom is -0.355 e. The van der Waals surface area contributed by atoms with Crippen LogP contribution in [0.2, 0.25) is 10.0 Å². The Morgan fingerprint density at radius 2 is 1.74 bits per heavy atom. The lowest BCUT2D eigenvalue weighted by atomic mass is 10.1. The van der Waals surface area contributed by atoms with Gasteiger partial charge in [0.2, 0.25) is 5.91 Å². The number of hydrogen-bond donors (Lipinski definition) is 1. The van der Waals surface area contributed by atoms with Gasteiger partial charge < -0.3 is 5.32 Å². The number of amides is 1. The molecule has 0 spiro atoms. The highest BCUT2D eigenvalue weighted by atomic mass is 35.5. The standard InChI is InChI=1S/C18H15Cl2N3OS3/c19-13-3-1-12(2-4-13)9-10-21-16(24)11-26-17-22-23(18(25)27-17)15-7-5-14(20)6-8-15/h1-8H,9-11H2,(H,21,24). The first-order valence-electron chi connectivity index (χ1n) is 8.01. The van der Waals surface area contributed by atoms with E-state index >= 15 is 0 Å². The van der Waals surface area contributed by atoms with E-state index in [1.54, 1.807) is 16.8 Å². The summed E-state index contributed by atoms with van der Waals surface area (Å²) >= 11 is 19.9. The summed E-state index contributed by atoms with van der Waals surface area (Å²) in [5.74, 6) is 0.261. The zero-order chi connectivity index (χ0) is 19.2. The van der Waals surface area contributed by atoms with Crippen LogP contribution >= 0.6 is 58.5 Å². The lowest BCUT2D eigenvalue weighted by Crippen LogP contribution is -2.27.